The van der Waals surface area contributed by atoms with E-state index in [1.807, 2.05) is 24.3 Å². The Morgan fingerprint density at radius 1 is 1.30 bits per heavy atom. The van der Waals surface area contributed by atoms with Gasteiger partial charge in [0.05, 0.1) is 6.10 Å². The standard InChI is InChI=1S/C33H39N2O6.CH3.Y/c1-20-34-33(28(38)19-39-21(2)36)29(41-20)17-26-25-11-10-23-16-24(35-40-15-13-22-8-6-5-7-9-22)12-14-31(23,3)30(25)27(37)18-32(26,33)4;;/h5-6,8-9,12,14,16,25-27,29-30,37H,10-11,13,15,17-19H2,1-4H3;1H3;/q2*-1;/b35-24+;;/t25-,26-,27-,29+,30+,31-,32-,33+;;/m0../s1. The van der Waals surface area contributed by atoms with Gasteiger partial charge >= 0.3 is 5.97 Å². The number of hydrogen-bond acceptors (Lipinski definition) is 8. The molecule has 1 aromatic rings. The van der Waals surface area contributed by atoms with E-state index in [0.29, 0.717) is 25.3 Å². The van der Waals surface area contributed by atoms with Gasteiger partial charge < -0.3 is 26.8 Å². The second-order valence-electron chi connectivity index (χ2n) is 12.8. The fourth-order valence-electron chi connectivity index (χ4n) is 8.90. The van der Waals surface area contributed by atoms with Crippen LogP contribution in [0.15, 0.2) is 58.2 Å². The van der Waals surface area contributed by atoms with E-state index in [-0.39, 0.29) is 75.7 Å². The number of hydrogen-bond donors (Lipinski definition) is 1. The van der Waals surface area contributed by atoms with Gasteiger partial charge in [0.15, 0.2) is 18.0 Å². The van der Waals surface area contributed by atoms with Crippen LogP contribution in [0.5, 0.6) is 0 Å². The van der Waals surface area contributed by atoms with Crippen molar-refractivity contribution in [3.05, 3.63) is 67.1 Å². The van der Waals surface area contributed by atoms with Crippen LogP contribution in [0.2, 0.25) is 0 Å². The Hall–Kier alpha value is -2.16. The second kappa shape index (κ2) is 12.7. The molecule has 8 atom stereocenters. The third kappa shape index (κ3) is 5.50. The van der Waals surface area contributed by atoms with Crippen LogP contribution in [0, 0.1) is 42.1 Å². The number of ketones is 1. The number of benzene rings is 1. The molecule has 0 bridgehead atoms. The van der Waals surface area contributed by atoms with Crippen molar-refractivity contribution in [2.75, 3.05) is 13.2 Å². The molecule has 0 unspecified atom stereocenters. The molecule has 6 rings (SSSR count). The average molecular weight is 664 g/mol. The summed E-state index contributed by atoms with van der Waals surface area (Å²) in [5.41, 5.74) is 1.11. The number of allylic oxidation sites excluding steroid dienone is 4. The van der Waals surface area contributed by atoms with Gasteiger partial charge in [-0.3, -0.25) is 9.59 Å². The number of carbonyl (C=O) groups excluding carboxylic acids is 2. The maximum absolute atomic E-state index is 13.7. The Kier molecular flexibility index (Phi) is 9.95. The quantitative estimate of drug-likeness (QED) is 0.194. The average Bonchev–Trinajstić information content (AvgIpc) is 3.40. The van der Waals surface area contributed by atoms with Crippen molar-refractivity contribution >= 4 is 23.4 Å². The summed E-state index contributed by atoms with van der Waals surface area (Å²) >= 11 is 0. The van der Waals surface area contributed by atoms with E-state index in [1.54, 1.807) is 6.92 Å². The van der Waals surface area contributed by atoms with Crippen LogP contribution < -0.4 is 0 Å². The Bertz CT molecular complexity index is 1360. The number of aliphatic hydroxyl groups is 1. The Morgan fingerprint density at radius 3 is 2.81 bits per heavy atom. The van der Waals surface area contributed by atoms with Crippen LogP contribution in [0.4, 0.5) is 0 Å². The van der Waals surface area contributed by atoms with E-state index in [1.165, 1.54) is 12.5 Å². The van der Waals surface area contributed by atoms with Crippen LogP contribution >= 0.6 is 0 Å². The van der Waals surface area contributed by atoms with Gasteiger partial charge in [-0.1, -0.05) is 30.7 Å². The second-order valence-corrected chi connectivity index (χ2v) is 12.8. The van der Waals surface area contributed by atoms with Crippen LogP contribution in [-0.2, 0) is 63.0 Å². The molecule has 0 spiro atoms. The molecule has 9 heteroatoms. The van der Waals surface area contributed by atoms with Crippen molar-refractivity contribution in [3.63, 3.8) is 0 Å². The summed E-state index contributed by atoms with van der Waals surface area (Å²) in [5.74, 6) is 0.0704. The molecule has 1 radical (unpaired) electrons. The van der Waals surface area contributed by atoms with Crippen LogP contribution in [0.3, 0.4) is 0 Å². The number of esters is 1. The number of Topliss-reactive ketones (excluding diaryl/α,β-unsaturated/α-hetero) is 1. The Balaban J connectivity index is 0.00000212. The van der Waals surface area contributed by atoms with Crippen molar-refractivity contribution in [2.45, 2.75) is 77.5 Å². The maximum Gasteiger partial charge on any atom is 0.303 e. The molecular formula is C34H42N2O6Y-2. The monoisotopic (exact) mass is 663 g/mol. The molecule has 0 amide bonds. The van der Waals surface area contributed by atoms with Gasteiger partial charge in [-0.15, -0.1) is 0 Å². The van der Waals surface area contributed by atoms with E-state index in [0.717, 1.165) is 30.5 Å². The molecule has 1 heterocycles. The molecule has 8 nitrogen and oxygen atoms in total. The molecule has 1 aliphatic heterocycles. The van der Waals surface area contributed by atoms with E-state index in [4.69, 9.17) is 19.3 Å². The third-order valence-electron chi connectivity index (χ3n) is 10.6. The van der Waals surface area contributed by atoms with Gasteiger partial charge in [0.2, 0.25) is 5.78 Å². The normalized spacial score (nSPS) is 37.6. The van der Waals surface area contributed by atoms with E-state index >= 15 is 0 Å². The number of oxime groups is 1. The van der Waals surface area contributed by atoms with Crippen molar-refractivity contribution in [3.8, 4) is 0 Å². The predicted octanol–water partition coefficient (Wildman–Crippen LogP) is 4.86. The Labute approximate surface area is 280 Å². The zero-order chi connectivity index (χ0) is 29.0. The zero-order valence-corrected chi connectivity index (χ0v) is 28.7. The summed E-state index contributed by atoms with van der Waals surface area (Å²) < 4.78 is 11.3. The molecule has 1 N–H and O–H groups in total. The summed E-state index contributed by atoms with van der Waals surface area (Å²) in [6.07, 6.45) is 8.94. The summed E-state index contributed by atoms with van der Waals surface area (Å²) in [6, 6.07) is 10.9. The van der Waals surface area contributed by atoms with Gasteiger partial charge in [0, 0.05) is 63.3 Å². The summed E-state index contributed by atoms with van der Waals surface area (Å²) in [6.45, 7) is 7.54. The SMILES string of the molecule is CC(=O)OCC(=O)[C@@]12N=C(C)O[C@@H]1C[C@H]1[C@@H]3CCC4=C/C(=N/OCCc5c[c-]ccc5)C=C[C@]4(C)[C@H]3[C@@H](O)C[C@@]12C.[CH3-].[Y]. The molecule has 229 valence electrons. The van der Waals surface area contributed by atoms with E-state index < -0.39 is 29.1 Å². The molecular weight excluding hydrogens is 621 g/mol. The van der Waals surface area contributed by atoms with Crippen molar-refractivity contribution < 1.29 is 61.7 Å². The number of aliphatic hydroxyl groups excluding tert-OH is 1. The van der Waals surface area contributed by atoms with Crippen molar-refractivity contribution in [1.82, 2.24) is 0 Å². The molecule has 0 aromatic heterocycles. The van der Waals surface area contributed by atoms with Gasteiger partial charge in [-0.2, -0.15) is 35.9 Å². The number of nitrogens with zero attached hydrogens (tertiary/aromatic N) is 2. The minimum atomic E-state index is -1.16. The van der Waals surface area contributed by atoms with Crippen molar-refractivity contribution in [1.29, 1.82) is 0 Å². The fourth-order valence-corrected chi connectivity index (χ4v) is 8.90. The molecule has 0 saturated heterocycles. The van der Waals surface area contributed by atoms with Gasteiger partial charge in [0.1, 0.15) is 18.4 Å². The first kappa shape index (κ1) is 33.7. The smallest absolute Gasteiger partial charge is 0.303 e. The van der Waals surface area contributed by atoms with Crippen molar-refractivity contribution in [2.24, 2.45) is 38.7 Å². The van der Waals surface area contributed by atoms with E-state index in [2.05, 4.69) is 43.3 Å². The molecule has 3 fully saturated rings. The number of ether oxygens (including phenoxy) is 2. The topological polar surface area (TPSA) is 107 Å². The molecule has 3 saturated carbocycles. The molecule has 1 aromatic carbocycles. The van der Waals surface area contributed by atoms with Gasteiger partial charge in [-0.25, -0.2) is 4.99 Å². The number of fused-ring (bicyclic) bond motifs is 7. The van der Waals surface area contributed by atoms with E-state index in [9.17, 15) is 14.7 Å². The molecule has 5 aliphatic rings. The van der Waals surface area contributed by atoms with Gasteiger partial charge in [-0.05, 0) is 56.1 Å². The van der Waals surface area contributed by atoms with Crippen LogP contribution in [-0.4, -0.2) is 59.4 Å². The largest absolute Gasteiger partial charge is 0.475 e. The number of aliphatic imine (C=N–C) groups is 1. The fraction of sp³-hybridized carbons (Fsp3) is 0.559. The zero-order valence-electron chi connectivity index (χ0n) is 25.8. The first-order valence-corrected chi connectivity index (χ1v) is 14.7. The summed E-state index contributed by atoms with van der Waals surface area (Å²) in [4.78, 5) is 35.8. The predicted molar refractivity (Wildman–Crippen MR) is 160 cm³/mol. The summed E-state index contributed by atoms with van der Waals surface area (Å²) in [7, 11) is 0. The third-order valence-corrected chi connectivity index (χ3v) is 10.6. The molecule has 4 aliphatic carbocycles. The maximum atomic E-state index is 13.7. The van der Waals surface area contributed by atoms with Crippen LogP contribution in [0.25, 0.3) is 0 Å². The minimum absolute atomic E-state index is 0. The number of rotatable bonds is 7. The first-order valence-electron chi connectivity index (χ1n) is 14.7. The number of carbonyl (C=O) groups is 2. The van der Waals surface area contributed by atoms with Crippen LogP contribution in [0.1, 0.15) is 58.9 Å². The first-order chi connectivity index (χ1) is 19.6. The minimum Gasteiger partial charge on any atom is -0.475 e. The Morgan fingerprint density at radius 2 is 2.09 bits per heavy atom. The van der Waals surface area contributed by atoms with Gasteiger partial charge in [0.25, 0.3) is 0 Å². The summed E-state index contributed by atoms with van der Waals surface area (Å²) in [5, 5.41) is 16.3. The molecule has 43 heavy (non-hydrogen) atoms.